The summed E-state index contributed by atoms with van der Waals surface area (Å²) >= 11 is 0. The molecule has 0 saturated heterocycles. The van der Waals surface area contributed by atoms with E-state index in [0.29, 0.717) is 12.8 Å². The molecule has 0 radical (unpaired) electrons. The van der Waals surface area contributed by atoms with Crippen LogP contribution in [0.2, 0.25) is 0 Å². The summed E-state index contributed by atoms with van der Waals surface area (Å²) in [5.74, 6) is -1.25. The van der Waals surface area contributed by atoms with Crippen LogP contribution >= 0.6 is 0 Å². The standard InChI is InChI=1S/C16H32N4O4/c1-6-7-12(17)14(22)15(23)18-9-13(21)19-11(3)8-10(2)16(24)20(4)5/h10-12,14,22H,6-9,17H2,1-5H3,(H,18,23)(H,19,21)/t10-,11?,12-,14?/m0/s1. The highest BCUT2D eigenvalue weighted by atomic mass is 16.3. The first-order valence-corrected chi connectivity index (χ1v) is 8.31. The molecule has 8 heteroatoms. The van der Waals surface area contributed by atoms with Crippen molar-refractivity contribution >= 4 is 17.7 Å². The molecule has 2 unspecified atom stereocenters. The second kappa shape index (κ2) is 11.0. The summed E-state index contributed by atoms with van der Waals surface area (Å²) < 4.78 is 0. The predicted molar refractivity (Wildman–Crippen MR) is 92.0 cm³/mol. The monoisotopic (exact) mass is 344 g/mol. The van der Waals surface area contributed by atoms with Gasteiger partial charge < -0.3 is 26.4 Å². The van der Waals surface area contributed by atoms with E-state index < -0.39 is 18.1 Å². The number of carbonyl (C=O) groups excluding carboxylic acids is 3. The summed E-state index contributed by atoms with van der Waals surface area (Å²) in [4.78, 5) is 36.8. The van der Waals surface area contributed by atoms with Gasteiger partial charge in [-0.2, -0.15) is 0 Å². The third kappa shape index (κ3) is 8.26. The average molecular weight is 344 g/mol. The van der Waals surface area contributed by atoms with Gasteiger partial charge in [-0.25, -0.2) is 0 Å². The van der Waals surface area contributed by atoms with E-state index in [-0.39, 0.29) is 30.3 Å². The molecular formula is C16H32N4O4. The Kier molecular flexibility index (Phi) is 10.2. The molecule has 0 aromatic heterocycles. The second-order valence-corrected chi connectivity index (χ2v) is 6.45. The van der Waals surface area contributed by atoms with Crippen molar-refractivity contribution < 1.29 is 19.5 Å². The summed E-state index contributed by atoms with van der Waals surface area (Å²) in [6.07, 6.45) is 0.455. The van der Waals surface area contributed by atoms with Gasteiger partial charge in [0.05, 0.1) is 6.54 Å². The van der Waals surface area contributed by atoms with Crippen LogP contribution in [0.4, 0.5) is 0 Å². The smallest absolute Gasteiger partial charge is 0.250 e. The third-order valence-corrected chi connectivity index (χ3v) is 3.70. The topological polar surface area (TPSA) is 125 Å². The highest BCUT2D eigenvalue weighted by Crippen LogP contribution is 2.08. The molecule has 0 aliphatic heterocycles. The fraction of sp³-hybridized carbons (Fsp3) is 0.812. The number of nitrogens with one attached hydrogen (secondary N) is 2. The van der Waals surface area contributed by atoms with Gasteiger partial charge in [0.1, 0.15) is 6.10 Å². The van der Waals surface area contributed by atoms with Gasteiger partial charge in [0.25, 0.3) is 5.91 Å². The van der Waals surface area contributed by atoms with Crippen molar-refractivity contribution in [3.05, 3.63) is 0 Å². The summed E-state index contributed by atoms with van der Waals surface area (Å²) in [7, 11) is 3.37. The van der Waals surface area contributed by atoms with E-state index in [1.807, 2.05) is 6.92 Å². The molecule has 0 aromatic rings. The summed E-state index contributed by atoms with van der Waals surface area (Å²) in [5.41, 5.74) is 5.68. The molecule has 3 amide bonds. The van der Waals surface area contributed by atoms with E-state index in [4.69, 9.17) is 5.73 Å². The summed E-state index contributed by atoms with van der Waals surface area (Å²) in [6.45, 7) is 5.26. The van der Waals surface area contributed by atoms with Crippen LogP contribution in [0.3, 0.4) is 0 Å². The minimum Gasteiger partial charge on any atom is -0.382 e. The Morgan fingerprint density at radius 3 is 2.29 bits per heavy atom. The quantitative estimate of drug-likeness (QED) is 0.413. The molecule has 0 aromatic carbocycles. The fourth-order valence-electron chi connectivity index (χ4n) is 2.41. The van der Waals surface area contributed by atoms with Crippen molar-refractivity contribution in [3.63, 3.8) is 0 Å². The molecule has 0 aliphatic carbocycles. The van der Waals surface area contributed by atoms with E-state index >= 15 is 0 Å². The van der Waals surface area contributed by atoms with Gasteiger partial charge in [0, 0.05) is 32.1 Å². The Morgan fingerprint density at radius 2 is 1.79 bits per heavy atom. The molecule has 0 fully saturated rings. The summed E-state index contributed by atoms with van der Waals surface area (Å²) in [5, 5.41) is 14.8. The molecule has 0 bridgehead atoms. The van der Waals surface area contributed by atoms with Crippen LogP contribution in [0.5, 0.6) is 0 Å². The molecule has 24 heavy (non-hydrogen) atoms. The summed E-state index contributed by atoms with van der Waals surface area (Å²) in [6, 6.07) is -0.851. The number of nitrogens with two attached hydrogens (primary N) is 1. The maximum absolute atomic E-state index is 11.8. The van der Waals surface area contributed by atoms with Crippen LogP contribution in [0.1, 0.15) is 40.0 Å². The normalized spacial score (nSPS) is 15.8. The SMILES string of the molecule is CCC[C@H](N)C(O)C(=O)NCC(=O)NC(C)C[C@H](C)C(=O)N(C)C. The highest BCUT2D eigenvalue weighted by molar-refractivity contribution is 5.87. The number of amides is 3. The average Bonchev–Trinajstić information content (AvgIpc) is 2.50. The number of rotatable bonds is 10. The molecule has 140 valence electrons. The van der Waals surface area contributed by atoms with Crippen LogP contribution in [0.25, 0.3) is 0 Å². The van der Waals surface area contributed by atoms with Crippen molar-refractivity contribution in [2.45, 2.75) is 58.2 Å². The number of hydrogen-bond acceptors (Lipinski definition) is 5. The highest BCUT2D eigenvalue weighted by Gasteiger charge is 2.23. The molecule has 0 spiro atoms. The lowest BCUT2D eigenvalue weighted by Gasteiger charge is -2.21. The Morgan fingerprint density at radius 1 is 1.21 bits per heavy atom. The molecular weight excluding hydrogens is 312 g/mol. The van der Waals surface area contributed by atoms with E-state index in [9.17, 15) is 19.5 Å². The minimum absolute atomic E-state index is 0.00237. The molecule has 5 N–H and O–H groups in total. The van der Waals surface area contributed by atoms with Gasteiger partial charge in [-0.15, -0.1) is 0 Å². The molecule has 0 heterocycles. The van der Waals surface area contributed by atoms with Crippen LogP contribution in [-0.2, 0) is 14.4 Å². The number of hydrogen-bond donors (Lipinski definition) is 4. The van der Waals surface area contributed by atoms with Gasteiger partial charge in [0.2, 0.25) is 11.8 Å². The number of aliphatic hydroxyl groups is 1. The van der Waals surface area contributed by atoms with Crippen LogP contribution in [-0.4, -0.2) is 66.6 Å². The Labute approximate surface area is 144 Å². The van der Waals surface area contributed by atoms with E-state index in [1.165, 1.54) is 4.90 Å². The number of aliphatic hydroxyl groups excluding tert-OH is 1. The number of carbonyl (C=O) groups is 3. The zero-order valence-electron chi connectivity index (χ0n) is 15.3. The molecule has 4 atom stereocenters. The zero-order valence-corrected chi connectivity index (χ0v) is 15.3. The first kappa shape index (κ1) is 22.3. The first-order valence-electron chi connectivity index (χ1n) is 8.31. The fourth-order valence-corrected chi connectivity index (χ4v) is 2.41. The Bertz CT molecular complexity index is 428. The van der Waals surface area contributed by atoms with Crippen molar-refractivity contribution in [3.8, 4) is 0 Å². The molecule has 8 nitrogen and oxygen atoms in total. The van der Waals surface area contributed by atoms with Gasteiger partial charge in [0.15, 0.2) is 0 Å². The maximum Gasteiger partial charge on any atom is 0.250 e. The lowest BCUT2D eigenvalue weighted by Crippen LogP contribution is -2.49. The van der Waals surface area contributed by atoms with Gasteiger partial charge >= 0.3 is 0 Å². The van der Waals surface area contributed by atoms with Crippen LogP contribution in [0.15, 0.2) is 0 Å². The Balaban J connectivity index is 4.21. The molecule has 0 saturated carbocycles. The maximum atomic E-state index is 11.8. The van der Waals surface area contributed by atoms with Gasteiger partial charge in [-0.05, 0) is 19.8 Å². The van der Waals surface area contributed by atoms with Crippen LogP contribution < -0.4 is 16.4 Å². The predicted octanol–water partition coefficient (Wildman–Crippen LogP) is -0.790. The van der Waals surface area contributed by atoms with E-state index in [2.05, 4.69) is 10.6 Å². The van der Waals surface area contributed by atoms with Crippen molar-refractivity contribution in [1.82, 2.24) is 15.5 Å². The molecule has 0 rings (SSSR count). The number of nitrogens with zero attached hydrogens (tertiary/aromatic N) is 1. The lowest BCUT2D eigenvalue weighted by atomic mass is 10.0. The van der Waals surface area contributed by atoms with Gasteiger partial charge in [-0.3, -0.25) is 14.4 Å². The van der Waals surface area contributed by atoms with Crippen molar-refractivity contribution in [1.29, 1.82) is 0 Å². The minimum atomic E-state index is -1.33. The largest absolute Gasteiger partial charge is 0.382 e. The second-order valence-electron chi connectivity index (χ2n) is 6.45. The zero-order chi connectivity index (χ0) is 18.9. The van der Waals surface area contributed by atoms with E-state index in [0.717, 1.165) is 6.42 Å². The van der Waals surface area contributed by atoms with Gasteiger partial charge in [-0.1, -0.05) is 20.3 Å². The lowest BCUT2D eigenvalue weighted by molar-refractivity contribution is -0.133. The first-order chi connectivity index (χ1) is 11.1. The van der Waals surface area contributed by atoms with E-state index in [1.54, 1.807) is 27.9 Å². The Hall–Kier alpha value is -1.67. The van der Waals surface area contributed by atoms with Crippen molar-refractivity contribution in [2.24, 2.45) is 11.7 Å². The van der Waals surface area contributed by atoms with Crippen molar-refractivity contribution in [2.75, 3.05) is 20.6 Å². The van der Waals surface area contributed by atoms with Crippen LogP contribution in [0, 0.1) is 5.92 Å². The molecule has 0 aliphatic rings. The third-order valence-electron chi connectivity index (χ3n) is 3.70.